The summed E-state index contributed by atoms with van der Waals surface area (Å²) >= 11 is 0. The topological polar surface area (TPSA) is 26.3 Å². The van der Waals surface area contributed by atoms with E-state index < -0.39 is 24.5 Å². The Labute approximate surface area is 108 Å². The Morgan fingerprint density at radius 3 is 2.05 bits per heavy atom. The van der Waals surface area contributed by atoms with Crippen molar-refractivity contribution in [2.75, 3.05) is 6.61 Å². The van der Waals surface area contributed by atoms with Gasteiger partial charge >= 0.3 is 18.1 Å². The molecule has 0 heterocycles. The molecule has 0 aromatic rings. The summed E-state index contributed by atoms with van der Waals surface area (Å²) in [6, 6.07) is 0. The van der Waals surface area contributed by atoms with E-state index in [2.05, 4.69) is 11.3 Å². The van der Waals surface area contributed by atoms with Crippen molar-refractivity contribution in [1.82, 2.24) is 0 Å². The summed E-state index contributed by atoms with van der Waals surface area (Å²) in [4.78, 5) is 10.6. The van der Waals surface area contributed by atoms with Gasteiger partial charge in [0.2, 0.25) is 0 Å². The molecule has 0 unspecified atom stereocenters. The van der Waals surface area contributed by atoms with E-state index in [4.69, 9.17) is 0 Å². The fraction of sp³-hybridized carbons (Fsp3) is 0.750. The number of hydrogen-bond donors (Lipinski definition) is 0. The number of alkyl halides is 5. The number of halogens is 5. The molecule has 0 aliphatic heterocycles. The second kappa shape index (κ2) is 8.12. The van der Waals surface area contributed by atoms with E-state index in [-0.39, 0.29) is 13.0 Å². The van der Waals surface area contributed by atoms with Gasteiger partial charge in [0.25, 0.3) is 0 Å². The number of rotatable bonds is 9. The molecule has 19 heavy (non-hydrogen) atoms. The molecular weight excluding hydrogens is 271 g/mol. The second-order valence-electron chi connectivity index (χ2n) is 4.09. The zero-order valence-corrected chi connectivity index (χ0v) is 10.4. The summed E-state index contributed by atoms with van der Waals surface area (Å²) in [5.41, 5.74) is 0. The van der Waals surface area contributed by atoms with Crippen LogP contribution >= 0.6 is 0 Å². The van der Waals surface area contributed by atoms with Crippen molar-refractivity contribution in [3.8, 4) is 0 Å². The van der Waals surface area contributed by atoms with Crippen molar-refractivity contribution in [3.05, 3.63) is 12.7 Å². The highest BCUT2D eigenvalue weighted by molar-refractivity contribution is 5.81. The first kappa shape index (κ1) is 17.9. The molecule has 0 N–H and O–H groups in total. The van der Waals surface area contributed by atoms with Crippen LogP contribution in [-0.2, 0) is 9.53 Å². The van der Waals surface area contributed by atoms with Gasteiger partial charge in [0.15, 0.2) is 0 Å². The van der Waals surface area contributed by atoms with Crippen LogP contribution in [0.25, 0.3) is 0 Å². The molecule has 0 bridgehead atoms. The average molecular weight is 288 g/mol. The van der Waals surface area contributed by atoms with Gasteiger partial charge in [-0.25, -0.2) is 4.79 Å². The lowest BCUT2D eigenvalue weighted by atomic mass is 10.1. The largest absolute Gasteiger partial charge is 0.463 e. The van der Waals surface area contributed by atoms with Gasteiger partial charge in [-0.2, -0.15) is 22.0 Å². The maximum Gasteiger partial charge on any atom is 0.453 e. The molecule has 0 saturated heterocycles. The molecule has 0 amide bonds. The zero-order chi connectivity index (χ0) is 14.9. The number of carbonyl (C=O) groups excluding carboxylic acids is 1. The fourth-order valence-corrected chi connectivity index (χ4v) is 1.35. The van der Waals surface area contributed by atoms with E-state index in [0.717, 1.165) is 6.08 Å². The van der Waals surface area contributed by atoms with E-state index in [9.17, 15) is 26.7 Å². The van der Waals surface area contributed by atoms with Gasteiger partial charge < -0.3 is 4.74 Å². The van der Waals surface area contributed by atoms with E-state index >= 15 is 0 Å². The highest BCUT2D eigenvalue weighted by Gasteiger charge is 2.56. The van der Waals surface area contributed by atoms with Crippen LogP contribution < -0.4 is 0 Å². The minimum atomic E-state index is -5.47. The van der Waals surface area contributed by atoms with Crippen molar-refractivity contribution in [2.45, 2.75) is 50.6 Å². The SMILES string of the molecule is C=CC(=O)OCCCCCCCC(F)(F)C(F)(F)F. The minimum Gasteiger partial charge on any atom is -0.463 e. The van der Waals surface area contributed by atoms with Crippen LogP contribution in [0.2, 0.25) is 0 Å². The van der Waals surface area contributed by atoms with Gasteiger partial charge in [-0.3, -0.25) is 0 Å². The van der Waals surface area contributed by atoms with Gasteiger partial charge in [0, 0.05) is 12.5 Å². The van der Waals surface area contributed by atoms with Gasteiger partial charge in [-0.1, -0.05) is 25.8 Å². The summed E-state index contributed by atoms with van der Waals surface area (Å²) in [7, 11) is 0. The first-order chi connectivity index (χ1) is 8.70. The third-order valence-corrected chi connectivity index (χ3v) is 2.46. The Morgan fingerprint density at radius 2 is 1.53 bits per heavy atom. The molecule has 0 radical (unpaired) electrons. The number of ether oxygens (including phenoxy) is 1. The van der Waals surface area contributed by atoms with Crippen molar-refractivity contribution in [3.63, 3.8) is 0 Å². The van der Waals surface area contributed by atoms with Crippen LogP contribution in [0.3, 0.4) is 0 Å². The van der Waals surface area contributed by atoms with Crippen LogP contribution in [0.4, 0.5) is 22.0 Å². The molecular formula is C12H17F5O2. The quantitative estimate of drug-likeness (QED) is 0.274. The van der Waals surface area contributed by atoms with E-state index in [1.165, 1.54) is 0 Å². The van der Waals surface area contributed by atoms with Gasteiger partial charge in [0.05, 0.1) is 6.61 Å². The molecule has 0 aromatic carbocycles. The smallest absolute Gasteiger partial charge is 0.453 e. The van der Waals surface area contributed by atoms with Crippen LogP contribution in [-0.4, -0.2) is 24.7 Å². The van der Waals surface area contributed by atoms with Gasteiger partial charge in [-0.15, -0.1) is 0 Å². The van der Waals surface area contributed by atoms with Crippen LogP contribution in [0.15, 0.2) is 12.7 Å². The molecule has 0 saturated carbocycles. The Balaban J connectivity index is 3.51. The monoisotopic (exact) mass is 288 g/mol. The molecule has 0 atom stereocenters. The van der Waals surface area contributed by atoms with Crippen molar-refractivity contribution < 1.29 is 31.5 Å². The lowest BCUT2D eigenvalue weighted by Crippen LogP contribution is -2.36. The molecule has 0 fully saturated rings. The van der Waals surface area contributed by atoms with E-state index in [1.54, 1.807) is 0 Å². The number of unbranched alkanes of at least 4 members (excludes halogenated alkanes) is 4. The standard InChI is InChI=1S/C12H17F5O2/c1-2-10(18)19-9-7-5-3-4-6-8-11(13,14)12(15,16)17/h2H,1,3-9H2. The zero-order valence-electron chi connectivity index (χ0n) is 10.4. The van der Waals surface area contributed by atoms with Gasteiger partial charge in [0.1, 0.15) is 0 Å². The second-order valence-corrected chi connectivity index (χ2v) is 4.09. The number of hydrogen-bond acceptors (Lipinski definition) is 2. The lowest BCUT2D eigenvalue weighted by molar-refractivity contribution is -0.284. The van der Waals surface area contributed by atoms with Crippen molar-refractivity contribution >= 4 is 5.97 Å². The maximum absolute atomic E-state index is 12.5. The molecule has 0 aliphatic rings. The Kier molecular flexibility index (Phi) is 7.63. The third-order valence-electron chi connectivity index (χ3n) is 2.46. The highest BCUT2D eigenvalue weighted by atomic mass is 19.4. The van der Waals surface area contributed by atoms with E-state index in [1.807, 2.05) is 0 Å². The number of carbonyl (C=O) groups is 1. The summed E-state index contributed by atoms with van der Waals surface area (Å²) < 4.78 is 65.1. The summed E-state index contributed by atoms with van der Waals surface area (Å²) in [6.45, 7) is 3.40. The normalized spacial score (nSPS) is 12.3. The molecule has 112 valence electrons. The van der Waals surface area contributed by atoms with Gasteiger partial charge in [-0.05, 0) is 12.8 Å². The fourth-order valence-electron chi connectivity index (χ4n) is 1.35. The molecule has 7 heteroatoms. The predicted molar refractivity (Wildman–Crippen MR) is 59.9 cm³/mol. The summed E-state index contributed by atoms with van der Waals surface area (Å²) in [5, 5.41) is 0. The van der Waals surface area contributed by atoms with Crippen molar-refractivity contribution in [1.29, 1.82) is 0 Å². The van der Waals surface area contributed by atoms with Crippen molar-refractivity contribution in [2.24, 2.45) is 0 Å². The molecule has 0 spiro atoms. The van der Waals surface area contributed by atoms with Crippen LogP contribution in [0, 0.1) is 0 Å². The summed E-state index contributed by atoms with van der Waals surface area (Å²) in [5.74, 6) is -5.14. The molecule has 2 nitrogen and oxygen atoms in total. The molecule has 0 rings (SSSR count). The Hall–Kier alpha value is -1.14. The minimum absolute atomic E-state index is 0.182. The Morgan fingerprint density at radius 1 is 1.00 bits per heavy atom. The Bertz CT molecular complexity index is 286. The molecule has 0 aromatic heterocycles. The summed E-state index contributed by atoms with van der Waals surface area (Å²) in [6.07, 6.45) is -3.82. The maximum atomic E-state index is 12.5. The molecule has 0 aliphatic carbocycles. The first-order valence-electron chi connectivity index (χ1n) is 5.94. The first-order valence-corrected chi connectivity index (χ1v) is 5.94. The highest BCUT2D eigenvalue weighted by Crippen LogP contribution is 2.39. The average Bonchev–Trinajstić information content (AvgIpc) is 2.30. The van der Waals surface area contributed by atoms with E-state index in [0.29, 0.717) is 25.7 Å². The third kappa shape index (κ3) is 7.79. The number of esters is 1. The lowest BCUT2D eigenvalue weighted by Gasteiger charge is -2.19. The van der Waals surface area contributed by atoms with Crippen LogP contribution in [0.1, 0.15) is 38.5 Å². The van der Waals surface area contributed by atoms with Crippen LogP contribution in [0.5, 0.6) is 0 Å². The predicted octanol–water partition coefficient (Wildman–Crippen LogP) is 4.25.